The number of nitrogens with two attached hydrogens (primary N) is 1. The van der Waals surface area contributed by atoms with Gasteiger partial charge in [-0.05, 0) is 42.2 Å². The van der Waals surface area contributed by atoms with E-state index in [0.29, 0.717) is 23.0 Å². The summed E-state index contributed by atoms with van der Waals surface area (Å²) in [5.74, 6) is 1.01. The molecule has 178 valence electrons. The summed E-state index contributed by atoms with van der Waals surface area (Å²) in [6, 6.07) is 11.3. The molecule has 0 bridgehead atoms. The molecule has 4 aromatic rings. The minimum atomic E-state index is -3.91. The van der Waals surface area contributed by atoms with Gasteiger partial charge in [-0.3, -0.25) is 4.72 Å². The van der Waals surface area contributed by atoms with E-state index < -0.39 is 10.0 Å². The Bertz CT molecular complexity index is 1440. The van der Waals surface area contributed by atoms with E-state index in [2.05, 4.69) is 28.7 Å². The second kappa shape index (κ2) is 9.82. The van der Waals surface area contributed by atoms with Crippen LogP contribution in [0.3, 0.4) is 0 Å². The number of nitrogen functional groups attached to an aromatic ring is 1. The molecule has 0 aliphatic rings. The van der Waals surface area contributed by atoms with Crippen LogP contribution in [0.2, 0.25) is 10.0 Å². The molecule has 0 aliphatic heterocycles. The van der Waals surface area contributed by atoms with E-state index in [4.69, 9.17) is 28.9 Å². The zero-order valence-corrected chi connectivity index (χ0v) is 21.1. The van der Waals surface area contributed by atoms with Gasteiger partial charge in [0.2, 0.25) is 0 Å². The van der Waals surface area contributed by atoms with Gasteiger partial charge in [-0.2, -0.15) is 9.61 Å². The predicted molar refractivity (Wildman–Crippen MR) is 138 cm³/mol. The first-order chi connectivity index (χ1) is 16.2. The number of fused-ring (bicyclic) bond motifs is 1. The Balaban J connectivity index is 1.58. The van der Waals surface area contributed by atoms with E-state index in [1.54, 1.807) is 35.0 Å². The maximum Gasteiger partial charge on any atom is 0.263 e. The number of nitrogens with one attached hydrogen (secondary N) is 1. The lowest BCUT2D eigenvalue weighted by atomic mass is 9.98. The highest BCUT2D eigenvalue weighted by Gasteiger charge is 2.20. The first kappa shape index (κ1) is 24.3. The fraction of sp³-hybridized carbons (Fsp3) is 0.250. The number of aromatic nitrogens is 3. The molecule has 0 aliphatic carbocycles. The number of rotatable bonds is 8. The molecule has 10 heteroatoms. The van der Waals surface area contributed by atoms with Crippen LogP contribution in [0.25, 0.3) is 16.8 Å². The van der Waals surface area contributed by atoms with Crippen LogP contribution >= 0.6 is 23.2 Å². The molecular formula is C24H25Cl2N5O2S. The third kappa shape index (κ3) is 4.85. The number of benzene rings is 2. The van der Waals surface area contributed by atoms with Crippen LogP contribution in [0.15, 0.2) is 59.8 Å². The summed E-state index contributed by atoms with van der Waals surface area (Å²) in [6.07, 6.45) is 6.73. The third-order valence-corrected chi connectivity index (χ3v) is 8.00. The summed E-state index contributed by atoms with van der Waals surface area (Å²) < 4.78 is 29.7. The predicted octanol–water partition coefficient (Wildman–Crippen LogP) is 6.06. The van der Waals surface area contributed by atoms with Crippen molar-refractivity contribution in [2.45, 2.75) is 38.0 Å². The first-order valence-electron chi connectivity index (χ1n) is 10.9. The molecule has 2 aromatic carbocycles. The summed E-state index contributed by atoms with van der Waals surface area (Å²) in [6.45, 7) is 4.40. The molecule has 34 heavy (non-hydrogen) atoms. The lowest BCUT2D eigenvalue weighted by Crippen LogP contribution is -2.13. The minimum absolute atomic E-state index is 0.0249. The van der Waals surface area contributed by atoms with Gasteiger partial charge in [0, 0.05) is 23.0 Å². The highest BCUT2D eigenvalue weighted by molar-refractivity contribution is 7.92. The van der Waals surface area contributed by atoms with Crippen molar-refractivity contribution in [3.63, 3.8) is 0 Å². The van der Waals surface area contributed by atoms with Crippen LogP contribution in [0.5, 0.6) is 0 Å². The van der Waals surface area contributed by atoms with Crippen LogP contribution in [0, 0.1) is 5.92 Å². The molecule has 0 saturated carbocycles. The van der Waals surface area contributed by atoms with Crippen molar-refractivity contribution in [2.75, 3.05) is 10.5 Å². The largest absolute Gasteiger partial charge is 0.383 e. The highest BCUT2D eigenvalue weighted by Crippen LogP contribution is 2.32. The van der Waals surface area contributed by atoms with Gasteiger partial charge in [0.1, 0.15) is 10.7 Å². The van der Waals surface area contributed by atoms with E-state index in [-0.39, 0.29) is 14.9 Å². The SMILES string of the molecule is CCCC(C)Cc1cnn2c(N)c(-c3ccc(NS(=O)(=O)c4cccc(Cl)c4Cl)cc3)cnc12. The smallest absolute Gasteiger partial charge is 0.263 e. The Morgan fingerprint density at radius 3 is 2.56 bits per heavy atom. The fourth-order valence-electron chi connectivity index (χ4n) is 3.95. The number of nitrogens with zero attached hydrogens (tertiary/aromatic N) is 3. The molecule has 0 spiro atoms. The van der Waals surface area contributed by atoms with E-state index in [0.717, 1.165) is 36.0 Å². The van der Waals surface area contributed by atoms with Gasteiger partial charge in [-0.1, -0.05) is 68.1 Å². The quantitative estimate of drug-likeness (QED) is 0.295. The van der Waals surface area contributed by atoms with Crippen molar-refractivity contribution >= 4 is 50.4 Å². The van der Waals surface area contributed by atoms with E-state index in [1.807, 2.05) is 6.20 Å². The summed E-state index contributed by atoms with van der Waals surface area (Å²) in [5, 5.41) is 4.59. The number of hydrogen-bond donors (Lipinski definition) is 2. The fourth-order valence-corrected chi connectivity index (χ4v) is 5.77. The van der Waals surface area contributed by atoms with Crippen LogP contribution in [-0.4, -0.2) is 23.0 Å². The maximum absolute atomic E-state index is 12.8. The van der Waals surface area contributed by atoms with E-state index in [9.17, 15) is 8.42 Å². The van der Waals surface area contributed by atoms with Crippen LogP contribution in [-0.2, 0) is 16.4 Å². The summed E-state index contributed by atoms with van der Waals surface area (Å²) in [4.78, 5) is 4.52. The number of halogens is 2. The molecule has 7 nitrogen and oxygen atoms in total. The summed E-state index contributed by atoms with van der Waals surface area (Å²) in [7, 11) is -3.91. The monoisotopic (exact) mass is 517 g/mol. The molecule has 0 saturated heterocycles. The first-order valence-corrected chi connectivity index (χ1v) is 13.1. The van der Waals surface area contributed by atoms with Crippen LogP contribution < -0.4 is 10.5 Å². The standard InChI is InChI=1S/C24H25Cl2N5O2S/c1-3-5-15(2)12-17-13-29-31-23(27)19(14-28-24(17)31)16-8-10-18(11-9-16)30-34(32,33)21-7-4-6-20(25)22(21)26/h4,6-11,13-15,30H,3,5,12,27H2,1-2H3. The molecule has 0 radical (unpaired) electrons. The van der Waals surface area contributed by atoms with Crippen LogP contribution in [0.4, 0.5) is 11.5 Å². The molecule has 2 aromatic heterocycles. The van der Waals surface area contributed by atoms with Gasteiger partial charge in [0.25, 0.3) is 10.0 Å². The van der Waals surface area contributed by atoms with E-state index in [1.165, 1.54) is 18.2 Å². The normalized spacial score (nSPS) is 12.7. The molecule has 0 amide bonds. The van der Waals surface area contributed by atoms with Crippen molar-refractivity contribution < 1.29 is 8.42 Å². The Morgan fingerprint density at radius 2 is 1.85 bits per heavy atom. The van der Waals surface area contributed by atoms with Crippen molar-refractivity contribution in [3.8, 4) is 11.1 Å². The Kier molecular flexibility index (Phi) is 7.02. The van der Waals surface area contributed by atoms with Gasteiger partial charge in [-0.15, -0.1) is 0 Å². The van der Waals surface area contributed by atoms with Crippen molar-refractivity contribution in [1.29, 1.82) is 0 Å². The minimum Gasteiger partial charge on any atom is -0.383 e. The molecule has 1 atom stereocenters. The number of hydrogen-bond acceptors (Lipinski definition) is 5. The topological polar surface area (TPSA) is 102 Å². The molecule has 2 heterocycles. The molecule has 3 N–H and O–H groups in total. The number of anilines is 2. The summed E-state index contributed by atoms with van der Waals surface area (Å²) >= 11 is 12.0. The summed E-state index contributed by atoms with van der Waals surface area (Å²) in [5.41, 5.74) is 10.1. The second-order valence-electron chi connectivity index (χ2n) is 8.30. The van der Waals surface area contributed by atoms with Gasteiger partial charge in [0.15, 0.2) is 5.65 Å². The van der Waals surface area contributed by atoms with Gasteiger partial charge >= 0.3 is 0 Å². The molecule has 1 unspecified atom stereocenters. The zero-order chi connectivity index (χ0) is 24.5. The average Bonchev–Trinajstić information content (AvgIpc) is 3.20. The van der Waals surface area contributed by atoms with Gasteiger partial charge in [0.05, 0.1) is 16.2 Å². The van der Waals surface area contributed by atoms with Gasteiger partial charge in [-0.25, -0.2) is 13.4 Å². The lowest BCUT2D eigenvalue weighted by molar-refractivity contribution is 0.523. The number of sulfonamides is 1. The molecule has 4 rings (SSSR count). The van der Waals surface area contributed by atoms with Gasteiger partial charge < -0.3 is 5.73 Å². The van der Waals surface area contributed by atoms with Crippen molar-refractivity contribution in [3.05, 3.63) is 70.5 Å². The zero-order valence-electron chi connectivity index (χ0n) is 18.8. The van der Waals surface area contributed by atoms with Crippen molar-refractivity contribution in [1.82, 2.24) is 14.6 Å². The van der Waals surface area contributed by atoms with Crippen molar-refractivity contribution in [2.24, 2.45) is 5.92 Å². The average molecular weight is 518 g/mol. The Labute approximate surface area is 209 Å². The second-order valence-corrected chi connectivity index (χ2v) is 10.7. The Morgan fingerprint density at radius 1 is 1.12 bits per heavy atom. The molecule has 0 fully saturated rings. The highest BCUT2D eigenvalue weighted by atomic mass is 35.5. The molecular weight excluding hydrogens is 493 g/mol. The maximum atomic E-state index is 12.8. The third-order valence-electron chi connectivity index (χ3n) is 5.64. The van der Waals surface area contributed by atoms with Crippen LogP contribution in [0.1, 0.15) is 32.3 Å². The van der Waals surface area contributed by atoms with E-state index >= 15 is 0 Å². The lowest BCUT2D eigenvalue weighted by Gasteiger charge is -2.12. The Hall–Kier alpha value is -2.81.